The first-order valence-electron chi connectivity index (χ1n) is 4.82. The highest BCUT2D eigenvalue weighted by Gasteiger charge is 2.25. The number of hydrogen-bond acceptors (Lipinski definition) is 5. The second-order valence-corrected chi connectivity index (χ2v) is 3.13. The Morgan fingerprint density at radius 3 is 2.24 bits per heavy atom. The first-order valence-corrected chi connectivity index (χ1v) is 4.82. The van der Waals surface area contributed by atoms with Gasteiger partial charge in [0, 0.05) is 6.07 Å². The van der Waals surface area contributed by atoms with E-state index in [4.69, 9.17) is 19.9 Å². The largest absolute Gasteiger partial charge is 0.493 e. The van der Waals surface area contributed by atoms with Gasteiger partial charge in [-0.1, -0.05) is 0 Å². The van der Waals surface area contributed by atoms with Crippen molar-refractivity contribution in [3.63, 3.8) is 0 Å². The van der Waals surface area contributed by atoms with Gasteiger partial charge in [-0.25, -0.2) is 4.39 Å². The van der Waals surface area contributed by atoms with Crippen molar-refractivity contribution in [2.24, 2.45) is 5.73 Å². The van der Waals surface area contributed by atoms with Crippen molar-refractivity contribution in [1.82, 2.24) is 0 Å². The SMILES string of the molecule is COc1cc(F)c(OC)c(C(=O)CN)c1OC. The average Bonchev–Trinajstić information content (AvgIpc) is 2.36. The van der Waals surface area contributed by atoms with Crippen LogP contribution in [0.4, 0.5) is 4.39 Å². The molecule has 0 bridgehead atoms. The second kappa shape index (κ2) is 5.49. The number of carbonyl (C=O) groups excluding carboxylic acids is 1. The van der Waals surface area contributed by atoms with E-state index >= 15 is 0 Å². The third kappa shape index (κ3) is 2.31. The normalized spacial score (nSPS) is 9.94. The summed E-state index contributed by atoms with van der Waals surface area (Å²) in [7, 11) is 3.96. The number of ether oxygens (including phenoxy) is 3. The highest BCUT2D eigenvalue weighted by molar-refractivity contribution is 6.03. The average molecular weight is 243 g/mol. The molecule has 1 aromatic rings. The highest BCUT2D eigenvalue weighted by Crippen LogP contribution is 2.39. The van der Waals surface area contributed by atoms with E-state index < -0.39 is 11.6 Å². The minimum Gasteiger partial charge on any atom is -0.493 e. The summed E-state index contributed by atoms with van der Waals surface area (Å²) >= 11 is 0. The van der Waals surface area contributed by atoms with E-state index in [1.807, 2.05) is 0 Å². The molecule has 5 nitrogen and oxygen atoms in total. The Labute approximate surface area is 98.3 Å². The maximum absolute atomic E-state index is 13.7. The number of nitrogens with two attached hydrogens (primary N) is 1. The molecule has 0 saturated heterocycles. The maximum Gasteiger partial charge on any atom is 0.184 e. The van der Waals surface area contributed by atoms with Crippen LogP contribution in [0.2, 0.25) is 0 Å². The van der Waals surface area contributed by atoms with Gasteiger partial charge >= 0.3 is 0 Å². The van der Waals surface area contributed by atoms with E-state index in [9.17, 15) is 9.18 Å². The third-order valence-electron chi connectivity index (χ3n) is 2.25. The molecule has 0 radical (unpaired) electrons. The van der Waals surface area contributed by atoms with E-state index in [2.05, 4.69) is 0 Å². The maximum atomic E-state index is 13.7. The van der Waals surface area contributed by atoms with Crippen molar-refractivity contribution < 1.29 is 23.4 Å². The molecule has 94 valence electrons. The van der Waals surface area contributed by atoms with Gasteiger partial charge in [0.25, 0.3) is 0 Å². The molecule has 0 unspecified atom stereocenters. The summed E-state index contributed by atoms with van der Waals surface area (Å²) in [5, 5.41) is 0. The second-order valence-electron chi connectivity index (χ2n) is 3.13. The molecule has 0 fully saturated rings. The number of benzene rings is 1. The van der Waals surface area contributed by atoms with E-state index in [1.165, 1.54) is 21.3 Å². The molecule has 2 N–H and O–H groups in total. The van der Waals surface area contributed by atoms with Crippen LogP contribution in [0.5, 0.6) is 17.2 Å². The van der Waals surface area contributed by atoms with E-state index in [0.717, 1.165) is 6.07 Å². The van der Waals surface area contributed by atoms with Crippen LogP contribution in [0.25, 0.3) is 0 Å². The molecule has 0 amide bonds. The molecular weight excluding hydrogens is 229 g/mol. The molecule has 1 rings (SSSR count). The van der Waals surface area contributed by atoms with Crippen LogP contribution in [-0.2, 0) is 0 Å². The van der Waals surface area contributed by atoms with E-state index in [0.29, 0.717) is 0 Å². The van der Waals surface area contributed by atoms with Crippen LogP contribution in [0, 0.1) is 5.82 Å². The summed E-state index contributed by atoms with van der Waals surface area (Å²) in [5.41, 5.74) is 5.22. The van der Waals surface area contributed by atoms with Gasteiger partial charge < -0.3 is 19.9 Å². The number of ketones is 1. The van der Waals surface area contributed by atoms with Gasteiger partial charge in [-0.3, -0.25) is 4.79 Å². The molecule has 0 spiro atoms. The summed E-state index contributed by atoms with van der Waals surface area (Å²) in [5.74, 6) is -1.17. The van der Waals surface area contributed by atoms with Gasteiger partial charge in [-0.05, 0) is 0 Å². The van der Waals surface area contributed by atoms with Gasteiger partial charge in [0.1, 0.15) is 5.56 Å². The molecule has 0 saturated carbocycles. The smallest absolute Gasteiger partial charge is 0.184 e. The van der Waals surface area contributed by atoms with Crippen molar-refractivity contribution in [2.75, 3.05) is 27.9 Å². The molecule has 0 aromatic heterocycles. The van der Waals surface area contributed by atoms with Crippen molar-refractivity contribution in [3.8, 4) is 17.2 Å². The summed E-state index contributed by atoms with van der Waals surface area (Å²) < 4.78 is 28.5. The standard InChI is InChI=1S/C11H14FNO4/c1-15-8-4-6(12)10(16-2)9(7(14)5-13)11(8)17-3/h4H,5,13H2,1-3H3. The fourth-order valence-corrected chi connectivity index (χ4v) is 1.50. The Morgan fingerprint density at radius 2 is 1.82 bits per heavy atom. The Hall–Kier alpha value is -1.82. The number of Topliss-reactive ketones (excluding diaryl/α,β-unsaturated/α-hetero) is 1. The molecule has 0 aliphatic carbocycles. The van der Waals surface area contributed by atoms with Crippen molar-refractivity contribution in [3.05, 3.63) is 17.4 Å². The Morgan fingerprint density at radius 1 is 1.24 bits per heavy atom. The summed E-state index contributed by atoms with van der Waals surface area (Å²) in [4.78, 5) is 11.7. The Bertz CT molecular complexity index is 434. The van der Waals surface area contributed by atoms with Crippen molar-refractivity contribution in [2.45, 2.75) is 0 Å². The minimum atomic E-state index is -0.707. The van der Waals surface area contributed by atoms with E-state index in [1.54, 1.807) is 0 Å². The topological polar surface area (TPSA) is 70.8 Å². The number of halogens is 1. The third-order valence-corrected chi connectivity index (χ3v) is 2.25. The number of rotatable bonds is 5. The summed E-state index contributed by atoms with van der Waals surface area (Å²) in [6.45, 7) is -0.278. The van der Waals surface area contributed by atoms with Gasteiger partial charge in [-0.2, -0.15) is 0 Å². The predicted octanol–water partition coefficient (Wildman–Crippen LogP) is 0.993. The highest BCUT2D eigenvalue weighted by atomic mass is 19.1. The lowest BCUT2D eigenvalue weighted by molar-refractivity contribution is 0.0993. The fourth-order valence-electron chi connectivity index (χ4n) is 1.50. The van der Waals surface area contributed by atoms with E-state index in [-0.39, 0.29) is 29.4 Å². The summed E-state index contributed by atoms with van der Waals surface area (Å²) in [6, 6.07) is 1.09. The number of methoxy groups -OCH3 is 3. The lowest BCUT2D eigenvalue weighted by Gasteiger charge is -2.15. The first-order chi connectivity index (χ1) is 8.10. The summed E-state index contributed by atoms with van der Waals surface area (Å²) in [6.07, 6.45) is 0. The van der Waals surface area contributed by atoms with Crippen LogP contribution in [-0.4, -0.2) is 33.7 Å². The number of carbonyl (C=O) groups is 1. The van der Waals surface area contributed by atoms with Crippen LogP contribution < -0.4 is 19.9 Å². The fraction of sp³-hybridized carbons (Fsp3) is 0.364. The van der Waals surface area contributed by atoms with Crippen molar-refractivity contribution >= 4 is 5.78 Å². The van der Waals surface area contributed by atoms with Crippen LogP contribution >= 0.6 is 0 Å². The zero-order valence-electron chi connectivity index (χ0n) is 9.87. The van der Waals surface area contributed by atoms with Crippen LogP contribution in [0.15, 0.2) is 6.07 Å². The zero-order chi connectivity index (χ0) is 13.0. The van der Waals surface area contributed by atoms with Crippen LogP contribution in [0.1, 0.15) is 10.4 Å². The van der Waals surface area contributed by atoms with Gasteiger partial charge in [-0.15, -0.1) is 0 Å². The minimum absolute atomic E-state index is 0.0469. The lowest BCUT2D eigenvalue weighted by Crippen LogP contribution is -2.16. The Kier molecular flexibility index (Phi) is 4.28. The molecule has 6 heteroatoms. The first kappa shape index (κ1) is 13.2. The van der Waals surface area contributed by atoms with Crippen LogP contribution in [0.3, 0.4) is 0 Å². The molecule has 0 atom stereocenters. The quantitative estimate of drug-likeness (QED) is 0.781. The Balaban J connectivity index is 3.58. The molecule has 1 aromatic carbocycles. The monoisotopic (exact) mass is 243 g/mol. The van der Waals surface area contributed by atoms with Gasteiger partial charge in [0.05, 0.1) is 27.9 Å². The zero-order valence-corrected chi connectivity index (χ0v) is 9.87. The van der Waals surface area contributed by atoms with Gasteiger partial charge in [0.2, 0.25) is 0 Å². The molecular formula is C11H14FNO4. The van der Waals surface area contributed by atoms with Gasteiger partial charge in [0.15, 0.2) is 28.8 Å². The molecule has 0 heterocycles. The molecule has 0 aliphatic rings. The van der Waals surface area contributed by atoms with Crippen molar-refractivity contribution in [1.29, 1.82) is 0 Å². The number of hydrogen-bond donors (Lipinski definition) is 1. The lowest BCUT2D eigenvalue weighted by atomic mass is 10.1. The molecule has 0 aliphatic heterocycles. The molecule has 17 heavy (non-hydrogen) atoms. The predicted molar refractivity (Wildman–Crippen MR) is 59.4 cm³/mol.